The highest BCUT2D eigenvalue weighted by Gasteiger charge is 2.52. The number of benzene rings is 1. The molecule has 6 heteroatoms. The summed E-state index contributed by atoms with van der Waals surface area (Å²) >= 11 is 0. The molecule has 1 aliphatic heterocycles. The van der Waals surface area contributed by atoms with E-state index in [2.05, 4.69) is 5.32 Å². The zero-order valence-electron chi connectivity index (χ0n) is 13.6. The van der Waals surface area contributed by atoms with Crippen molar-refractivity contribution in [2.24, 2.45) is 5.92 Å². The third kappa shape index (κ3) is 3.74. The Kier molecular flexibility index (Phi) is 5.13. The largest absolute Gasteiger partial charge is 0.355 e. The molecule has 0 radical (unpaired) electrons. The number of piperidine rings is 1. The van der Waals surface area contributed by atoms with Crippen LogP contribution in [0.25, 0.3) is 0 Å². The summed E-state index contributed by atoms with van der Waals surface area (Å²) in [6.45, 7) is 1.65. The molecule has 0 spiro atoms. The second-order valence-electron chi connectivity index (χ2n) is 6.91. The van der Waals surface area contributed by atoms with E-state index in [1.807, 2.05) is 0 Å². The maximum atomic E-state index is 14.0. The summed E-state index contributed by atoms with van der Waals surface area (Å²) in [7, 11) is 0. The first-order valence-corrected chi connectivity index (χ1v) is 8.55. The molecule has 2 fully saturated rings. The molecule has 3 rings (SSSR count). The van der Waals surface area contributed by atoms with Crippen molar-refractivity contribution in [2.75, 3.05) is 26.2 Å². The van der Waals surface area contributed by atoms with Crippen molar-refractivity contribution in [3.63, 3.8) is 0 Å². The summed E-state index contributed by atoms with van der Waals surface area (Å²) in [6, 6.07) is 6.46. The molecule has 1 N–H and O–H groups in total. The highest BCUT2D eigenvalue weighted by Crippen LogP contribution is 2.49. The smallest absolute Gasteiger partial charge is 0.251 e. The molecule has 0 atom stereocenters. The molecule has 0 bridgehead atoms. The highest BCUT2D eigenvalue weighted by molar-refractivity contribution is 5.91. The van der Waals surface area contributed by atoms with Gasteiger partial charge in [-0.25, -0.2) is 13.2 Å². The van der Waals surface area contributed by atoms with Crippen molar-refractivity contribution in [3.05, 3.63) is 35.6 Å². The second kappa shape index (κ2) is 7.13. The average molecular weight is 340 g/mol. The van der Waals surface area contributed by atoms with Crippen LogP contribution in [-0.4, -0.2) is 43.4 Å². The van der Waals surface area contributed by atoms with Gasteiger partial charge in [-0.05, 0) is 50.8 Å². The number of carbonyl (C=O) groups excluding carboxylic acids is 1. The molecule has 3 nitrogen and oxygen atoms in total. The predicted octanol–water partition coefficient (Wildman–Crippen LogP) is 2.95. The lowest BCUT2D eigenvalue weighted by molar-refractivity contribution is -0.123. The van der Waals surface area contributed by atoms with Crippen LogP contribution < -0.4 is 5.32 Å². The van der Waals surface area contributed by atoms with Gasteiger partial charge in [-0.15, -0.1) is 0 Å². The molecule has 1 saturated heterocycles. The van der Waals surface area contributed by atoms with E-state index < -0.39 is 11.8 Å². The molecular weight excluding hydrogens is 317 g/mol. The van der Waals surface area contributed by atoms with E-state index in [-0.39, 0.29) is 18.3 Å². The van der Waals surface area contributed by atoms with E-state index in [4.69, 9.17) is 0 Å². The third-order valence-corrected chi connectivity index (χ3v) is 5.23. The first-order valence-electron chi connectivity index (χ1n) is 8.55. The van der Waals surface area contributed by atoms with Gasteiger partial charge in [0.2, 0.25) is 5.91 Å². The van der Waals surface area contributed by atoms with E-state index in [9.17, 15) is 18.0 Å². The first-order chi connectivity index (χ1) is 11.5. The third-order valence-electron chi connectivity index (χ3n) is 5.23. The fraction of sp³-hybridized carbons (Fsp3) is 0.611. The molecule has 0 aromatic heterocycles. The number of hydrogen-bond acceptors (Lipinski definition) is 2. The van der Waals surface area contributed by atoms with E-state index in [1.165, 1.54) is 6.07 Å². The van der Waals surface area contributed by atoms with Gasteiger partial charge < -0.3 is 5.32 Å². The maximum Gasteiger partial charge on any atom is 0.251 e. The van der Waals surface area contributed by atoms with Crippen molar-refractivity contribution < 1.29 is 18.0 Å². The van der Waals surface area contributed by atoms with Gasteiger partial charge in [-0.3, -0.25) is 9.69 Å². The molecule has 24 heavy (non-hydrogen) atoms. The highest BCUT2D eigenvalue weighted by atomic mass is 19.3. The van der Waals surface area contributed by atoms with Gasteiger partial charge in [0.25, 0.3) is 6.43 Å². The van der Waals surface area contributed by atoms with Crippen LogP contribution in [0.3, 0.4) is 0 Å². The van der Waals surface area contributed by atoms with Gasteiger partial charge in [0, 0.05) is 12.1 Å². The van der Waals surface area contributed by atoms with E-state index in [1.54, 1.807) is 23.1 Å². The number of rotatable bonds is 6. The zero-order valence-corrected chi connectivity index (χ0v) is 13.6. The van der Waals surface area contributed by atoms with Crippen LogP contribution in [0, 0.1) is 11.7 Å². The fourth-order valence-corrected chi connectivity index (χ4v) is 3.57. The lowest BCUT2D eigenvalue weighted by Gasteiger charge is -2.32. The van der Waals surface area contributed by atoms with Gasteiger partial charge in [0.05, 0.1) is 12.0 Å². The summed E-state index contributed by atoms with van der Waals surface area (Å²) < 4.78 is 38.7. The van der Waals surface area contributed by atoms with Crippen molar-refractivity contribution in [1.82, 2.24) is 10.2 Å². The number of hydrogen-bond donors (Lipinski definition) is 1. The van der Waals surface area contributed by atoms with Gasteiger partial charge in [-0.2, -0.15) is 0 Å². The number of carbonyl (C=O) groups is 1. The predicted molar refractivity (Wildman–Crippen MR) is 85.5 cm³/mol. The van der Waals surface area contributed by atoms with Crippen LogP contribution in [0.15, 0.2) is 24.3 Å². The van der Waals surface area contributed by atoms with Gasteiger partial charge >= 0.3 is 0 Å². The van der Waals surface area contributed by atoms with Crippen LogP contribution in [0.2, 0.25) is 0 Å². The molecule has 1 amide bonds. The van der Waals surface area contributed by atoms with Crippen LogP contribution in [0.4, 0.5) is 13.2 Å². The summed E-state index contributed by atoms with van der Waals surface area (Å²) in [5, 5.41) is 2.96. The molecule has 1 aliphatic carbocycles. The molecule has 1 aromatic rings. The number of nitrogens with one attached hydrogen (secondary N) is 1. The standard InChI is InChI=1S/C18H23F3N2O/c19-15-4-2-1-3-14(15)18(7-8-18)17(24)22-11-13-5-9-23(10-6-13)12-16(20)21/h1-4,13,16H,5-12H2,(H,22,24). The van der Waals surface area contributed by atoms with Crippen molar-refractivity contribution in [1.29, 1.82) is 0 Å². The van der Waals surface area contributed by atoms with Crippen molar-refractivity contribution in [3.8, 4) is 0 Å². The Labute approximate surface area is 140 Å². The average Bonchev–Trinajstić information content (AvgIpc) is 3.35. The van der Waals surface area contributed by atoms with Gasteiger partial charge in [0.1, 0.15) is 5.82 Å². The number of likely N-dealkylation sites (tertiary alicyclic amines) is 1. The Morgan fingerprint density at radius 3 is 2.50 bits per heavy atom. The van der Waals surface area contributed by atoms with Crippen molar-refractivity contribution in [2.45, 2.75) is 37.5 Å². The molecule has 1 aromatic carbocycles. The summed E-state index contributed by atoms with van der Waals surface area (Å²) in [5.74, 6) is -0.132. The number of halogens is 3. The Morgan fingerprint density at radius 2 is 1.92 bits per heavy atom. The summed E-state index contributed by atoms with van der Waals surface area (Å²) in [4.78, 5) is 14.3. The fourth-order valence-electron chi connectivity index (χ4n) is 3.57. The minimum Gasteiger partial charge on any atom is -0.355 e. The van der Waals surface area contributed by atoms with Crippen LogP contribution in [0.1, 0.15) is 31.2 Å². The number of amides is 1. The second-order valence-corrected chi connectivity index (χ2v) is 6.91. The number of alkyl halides is 2. The summed E-state index contributed by atoms with van der Waals surface area (Å²) in [5.41, 5.74) is -0.226. The van der Waals surface area contributed by atoms with E-state index >= 15 is 0 Å². The quantitative estimate of drug-likeness (QED) is 0.864. The topological polar surface area (TPSA) is 32.3 Å². The first kappa shape index (κ1) is 17.3. The van der Waals surface area contributed by atoms with Crippen LogP contribution in [-0.2, 0) is 10.2 Å². The Hall–Kier alpha value is -1.56. The molecule has 2 aliphatic rings. The Bertz CT molecular complexity index is 581. The normalized spacial score (nSPS) is 21.0. The van der Waals surface area contributed by atoms with E-state index in [0.29, 0.717) is 44.0 Å². The Balaban J connectivity index is 1.49. The molecule has 1 saturated carbocycles. The SMILES string of the molecule is O=C(NCC1CCN(CC(F)F)CC1)C1(c2ccccc2F)CC1. The molecule has 1 heterocycles. The lowest BCUT2D eigenvalue weighted by Crippen LogP contribution is -2.42. The monoisotopic (exact) mass is 340 g/mol. The molecule has 132 valence electrons. The van der Waals surface area contributed by atoms with Gasteiger partial charge in [0.15, 0.2) is 0 Å². The van der Waals surface area contributed by atoms with Crippen LogP contribution >= 0.6 is 0 Å². The lowest BCUT2D eigenvalue weighted by atomic mass is 9.93. The summed E-state index contributed by atoms with van der Waals surface area (Å²) in [6.07, 6.45) is 0.662. The Morgan fingerprint density at radius 1 is 1.25 bits per heavy atom. The van der Waals surface area contributed by atoms with Gasteiger partial charge in [-0.1, -0.05) is 18.2 Å². The minimum atomic E-state index is -2.29. The molecular formula is C18H23F3N2O. The maximum absolute atomic E-state index is 14.0. The van der Waals surface area contributed by atoms with Crippen molar-refractivity contribution >= 4 is 5.91 Å². The minimum absolute atomic E-state index is 0.109. The zero-order chi connectivity index (χ0) is 17.2. The van der Waals surface area contributed by atoms with E-state index in [0.717, 1.165) is 12.8 Å². The number of nitrogens with zero attached hydrogens (tertiary/aromatic N) is 1. The van der Waals surface area contributed by atoms with Crippen LogP contribution in [0.5, 0.6) is 0 Å². The molecule has 0 unspecified atom stereocenters.